The van der Waals surface area contributed by atoms with Gasteiger partial charge in [-0.25, -0.2) is 0 Å². The van der Waals surface area contributed by atoms with Crippen LogP contribution in [0.4, 0.5) is 0 Å². The van der Waals surface area contributed by atoms with Crippen molar-refractivity contribution in [2.24, 2.45) is 5.92 Å². The van der Waals surface area contributed by atoms with Gasteiger partial charge in [-0.15, -0.1) is 0 Å². The Labute approximate surface area is 83.1 Å². The second-order valence-electron chi connectivity index (χ2n) is 3.82. The van der Waals surface area contributed by atoms with Crippen molar-refractivity contribution in [3.8, 4) is 6.07 Å². The molecule has 76 valence electrons. The lowest BCUT2D eigenvalue weighted by atomic mass is 9.97. The van der Waals surface area contributed by atoms with Gasteiger partial charge in [-0.05, 0) is 12.8 Å². The van der Waals surface area contributed by atoms with E-state index in [9.17, 15) is 0 Å². The highest BCUT2D eigenvalue weighted by atomic mass is 14.3. The number of nitrogens with zero attached hydrogens (tertiary/aromatic N) is 1. The molecule has 13 heavy (non-hydrogen) atoms. The third-order valence-electron chi connectivity index (χ3n) is 2.48. The Morgan fingerprint density at radius 3 is 2.15 bits per heavy atom. The first-order chi connectivity index (χ1) is 6.35. The Morgan fingerprint density at radius 2 is 1.62 bits per heavy atom. The lowest BCUT2D eigenvalue weighted by Gasteiger charge is -2.06. The second-order valence-corrected chi connectivity index (χ2v) is 3.82. The van der Waals surface area contributed by atoms with Crippen LogP contribution in [0.5, 0.6) is 0 Å². The number of hydrogen-bond acceptors (Lipinski definition) is 1. The molecule has 0 N–H and O–H groups in total. The van der Waals surface area contributed by atoms with Gasteiger partial charge in [-0.3, -0.25) is 0 Å². The highest BCUT2D eigenvalue weighted by Gasteiger charge is 2.04. The Balaban J connectivity index is 3.24. The van der Waals surface area contributed by atoms with Crippen LogP contribution in [0.1, 0.15) is 65.2 Å². The molecule has 0 fully saturated rings. The van der Waals surface area contributed by atoms with Crippen LogP contribution >= 0.6 is 0 Å². The van der Waals surface area contributed by atoms with Crippen LogP contribution in [-0.2, 0) is 0 Å². The lowest BCUT2D eigenvalue weighted by molar-refractivity contribution is 0.500. The summed E-state index contributed by atoms with van der Waals surface area (Å²) in [6, 6.07) is 2.39. The summed E-state index contributed by atoms with van der Waals surface area (Å²) in [5.41, 5.74) is 0. The average molecular weight is 181 g/mol. The Hall–Kier alpha value is -0.510. The molecule has 0 aliphatic heterocycles. The van der Waals surface area contributed by atoms with Crippen molar-refractivity contribution in [3.05, 3.63) is 0 Å². The molecule has 1 nitrogen and oxygen atoms in total. The highest BCUT2D eigenvalue weighted by molar-refractivity contribution is 4.81. The molecule has 0 saturated carbocycles. The molecular weight excluding hydrogens is 158 g/mol. The standard InChI is InChI=1S/C12H23N/c1-3-5-6-7-8-10-12(11-13)9-4-2/h12H,3-10H2,1-2H3. The number of nitriles is 1. The minimum absolute atomic E-state index is 0.326. The van der Waals surface area contributed by atoms with Crippen molar-refractivity contribution in [2.45, 2.75) is 65.2 Å². The maximum absolute atomic E-state index is 8.81. The van der Waals surface area contributed by atoms with Crippen molar-refractivity contribution < 1.29 is 0 Å². The van der Waals surface area contributed by atoms with Gasteiger partial charge >= 0.3 is 0 Å². The normalized spacial score (nSPS) is 12.4. The first-order valence-corrected chi connectivity index (χ1v) is 5.74. The van der Waals surface area contributed by atoms with Gasteiger partial charge in [-0.1, -0.05) is 52.4 Å². The quantitative estimate of drug-likeness (QED) is 0.512. The zero-order valence-electron chi connectivity index (χ0n) is 9.18. The molecule has 0 rings (SSSR count). The molecule has 0 aliphatic carbocycles. The van der Waals surface area contributed by atoms with Crippen molar-refractivity contribution in [1.82, 2.24) is 0 Å². The smallest absolute Gasteiger partial charge is 0.0655 e. The molecule has 1 unspecified atom stereocenters. The van der Waals surface area contributed by atoms with Gasteiger partial charge in [0, 0.05) is 5.92 Å². The van der Waals surface area contributed by atoms with E-state index >= 15 is 0 Å². The maximum Gasteiger partial charge on any atom is 0.0655 e. The molecule has 0 aromatic rings. The molecule has 1 heteroatoms. The predicted octanol–water partition coefficient (Wildman–Crippen LogP) is 4.29. The van der Waals surface area contributed by atoms with Crippen LogP contribution in [0.25, 0.3) is 0 Å². The summed E-state index contributed by atoms with van der Waals surface area (Å²) in [6.07, 6.45) is 9.92. The molecular formula is C12H23N. The zero-order valence-corrected chi connectivity index (χ0v) is 9.18. The van der Waals surface area contributed by atoms with Gasteiger partial charge in [0.15, 0.2) is 0 Å². The fraction of sp³-hybridized carbons (Fsp3) is 0.917. The Kier molecular flexibility index (Phi) is 9.20. The van der Waals surface area contributed by atoms with Gasteiger partial charge in [0.05, 0.1) is 6.07 Å². The summed E-state index contributed by atoms with van der Waals surface area (Å²) < 4.78 is 0. The monoisotopic (exact) mass is 181 g/mol. The first-order valence-electron chi connectivity index (χ1n) is 5.74. The minimum atomic E-state index is 0.326. The molecule has 0 amide bonds. The summed E-state index contributed by atoms with van der Waals surface area (Å²) in [7, 11) is 0. The van der Waals surface area contributed by atoms with Crippen molar-refractivity contribution in [2.75, 3.05) is 0 Å². The summed E-state index contributed by atoms with van der Waals surface area (Å²) >= 11 is 0. The summed E-state index contributed by atoms with van der Waals surface area (Å²) in [5.74, 6) is 0.326. The summed E-state index contributed by atoms with van der Waals surface area (Å²) in [6.45, 7) is 4.39. The number of unbranched alkanes of at least 4 members (excludes halogenated alkanes) is 4. The van der Waals surface area contributed by atoms with Gasteiger partial charge in [-0.2, -0.15) is 5.26 Å². The fourth-order valence-corrected chi connectivity index (χ4v) is 1.62. The van der Waals surface area contributed by atoms with E-state index in [4.69, 9.17) is 5.26 Å². The van der Waals surface area contributed by atoms with Gasteiger partial charge in [0.1, 0.15) is 0 Å². The third kappa shape index (κ3) is 7.84. The first kappa shape index (κ1) is 12.5. The average Bonchev–Trinajstić information content (AvgIpc) is 2.16. The van der Waals surface area contributed by atoms with E-state index in [2.05, 4.69) is 19.9 Å². The Morgan fingerprint density at radius 1 is 0.923 bits per heavy atom. The molecule has 0 spiro atoms. The molecule has 0 radical (unpaired) electrons. The SMILES string of the molecule is CCCCCCCC(C#N)CCC. The molecule has 0 heterocycles. The van der Waals surface area contributed by atoms with Crippen LogP contribution in [0, 0.1) is 17.2 Å². The number of hydrogen-bond donors (Lipinski definition) is 0. The third-order valence-corrected chi connectivity index (χ3v) is 2.48. The minimum Gasteiger partial charge on any atom is -0.198 e. The maximum atomic E-state index is 8.81. The molecule has 0 saturated heterocycles. The van der Waals surface area contributed by atoms with Crippen LogP contribution in [0.2, 0.25) is 0 Å². The van der Waals surface area contributed by atoms with E-state index in [1.807, 2.05) is 0 Å². The highest BCUT2D eigenvalue weighted by Crippen LogP contribution is 2.15. The Bertz CT molecular complexity index is 135. The van der Waals surface area contributed by atoms with Gasteiger partial charge in [0.25, 0.3) is 0 Å². The topological polar surface area (TPSA) is 23.8 Å². The zero-order chi connectivity index (χ0) is 9.94. The van der Waals surface area contributed by atoms with E-state index in [1.54, 1.807) is 0 Å². The summed E-state index contributed by atoms with van der Waals surface area (Å²) in [4.78, 5) is 0. The molecule has 0 aliphatic rings. The molecule has 0 bridgehead atoms. The fourth-order valence-electron chi connectivity index (χ4n) is 1.62. The van der Waals surface area contributed by atoms with Crippen molar-refractivity contribution in [1.29, 1.82) is 5.26 Å². The van der Waals surface area contributed by atoms with Crippen LogP contribution in [0.15, 0.2) is 0 Å². The van der Waals surface area contributed by atoms with E-state index < -0.39 is 0 Å². The predicted molar refractivity (Wildman–Crippen MR) is 57.4 cm³/mol. The van der Waals surface area contributed by atoms with Gasteiger partial charge < -0.3 is 0 Å². The van der Waals surface area contributed by atoms with E-state index in [0.29, 0.717) is 5.92 Å². The van der Waals surface area contributed by atoms with E-state index in [1.165, 1.54) is 32.1 Å². The van der Waals surface area contributed by atoms with Crippen LogP contribution < -0.4 is 0 Å². The van der Waals surface area contributed by atoms with E-state index in [-0.39, 0.29) is 0 Å². The van der Waals surface area contributed by atoms with Gasteiger partial charge in [0.2, 0.25) is 0 Å². The van der Waals surface area contributed by atoms with Crippen LogP contribution in [-0.4, -0.2) is 0 Å². The lowest BCUT2D eigenvalue weighted by Crippen LogP contribution is -1.96. The van der Waals surface area contributed by atoms with Crippen molar-refractivity contribution >= 4 is 0 Å². The number of rotatable bonds is 8. The largest absolute Gasteiger partial charge is 0.198 e. The molecule has 1 atom stereocenters. The van der Waals surface area contributed by atoms with E-state index in [0.717, 1.165) is 19.3 Å². The second kappa shape index (κ2) is 9.58. The van der Waals surface area contributed by atoms with Crippen LogP contribution in [0.3, 0.4) is 0 Å². The molecule has 0 aromatic heterocycles. The summed E-state index contributed by atoms with van der Waals surface area (Å²) in [5, 5.41) is 8.81. The molecule has 0 aromatic carbocycles. The van der Waals surface area contributed by atoms with Crippen molar-refractivity contribution in [3.63, 3.8) is 0 Å².